The molecule has 4 rings (SSSR count). The minimum atomic E-state index is -0.00719. The van der Waals surface area contributed by atoms with E-state index in [9.17, 15) is 4.79 Å². The molecule has 3 aromatic rings. The van der Waals surface area contributed by atoms with Crippen LogP contribution in [0.15, 0.2) is 48.5 Å². The van der Waals surface area contributed by atoms with E-state index in [1.165, 1.54) is 16.8 Å². The van der Waals surface area contributed by atoms with Crippen molar-refractivity contribution in [2.24, 2.45) is 0 Å². The number of nitrogens with zero attached hydrogens (tertiary/aromatic N) is 3. The molecule has 5 nitrogen and oxygen atoms in total. The largest absolute Gasteiger partial charge is 0.362 e. The van der Waals surface area contributed by atoms with Gasteiger partial charge in [-0.2, -0.15) is 5.10 Å². The topological polar surface area (TPSA) is 50.2 Å². The van der Waals surface area contributed by atoms with Crippen LogP contribution in [0.4, 0.5) is 11.4 Å². The van der Waals surface area contributed by atoms with Crippen LogP contribution in [0.5, 0.6) is 0 Å². The van der Waals surface area contributed by atoms with Gasteiger partial charge >= 0.3 is 0 Å². The number of anilines is 2. The number of carbonyl (C=O) groups excluding carboxylic acids is 1. The number of carbonyl (C=O) groups is 1. The molecule has 0 bridgehead atoms. The monoisotopic (exact) mass is 374 g/mol. The summed E-state index contributed by atoms with van der Waals surface area (Å²) in [5, 5.41) is 7.71. The van der Waals surface area contributed by atoms with Crippen LogP contribution in [0.3, 0.4) is 0 Å². The highest BCUT2D eigenvalue weighted by Crippen LogP contribution is 2.28. The first-order valence-electron chi connectivity index (χ1n) is 9.79. The Kier molecular flexibility index (Phi) is 4.90. The van der Waals surface area contributed by atoms with Gasteiger partial charge < -0.3 is 10.2 Å². The van der Waals surface area contributed by atoms with Crippen LogP contribution in [0.25, 0.3) is 5.69 Å². The Morgan fingerprint density at radius 2 is 1.89 bits per heavy atom. The lowest BCUT2D eigenvalue weighted by Crippen LogP contribution is -2.37. The van der Waals surface area contributed by atoms with E-state index in [-0.39, 0.29) is 5.91 Å². The second-order valence-electron chi connectivity index (χ2n) is 7.50. The smallest absolute Gasteiger partial charge is 0.243 e. The van der Waals surface area contributed by atoms with Gasteiger partial charge in [0.05, 0.1) is 29.3 Å². The van der Waals surface area contributed by atoms with Crippen molar-refractivity contribution in [1.82, 2.24) is 9.78 Å². The summed E-state index contributed by atoms with van der Waals surface area (Å²) in [6, 6.07) is 16.5. The third-order valence-electron chi connectivity index (χ3n) is 5.34. The molecule has 0 aliphatic carbocycles. The van der Waals surface area contributed by atoms with Crippen LogP contribution in [-0.4, -0.2) is 28.8 Å². The van der Waals surface area contributed by atoms with E-state index in [2.05, 4.69) is 40.4 Å². The van der Waals surface area contributed by atoms with Crippen LogP contribution < -0.4 is 10.2 Å². The van der Waals surface area contributed by atoms with Crippen molar-refractivity contribution in [3.05, 3.63) is 71.0 Å². The average molecular weight is 374 g/mol. The SMILES string of the molecule is Cc1ccc2c(c1)CCCN2CC(=O)Nc1c(C)nn(-c2ccccc2)c1C. The summed E-state index contributed by atoms with van der Waals surface area (Å²) < 4.78 is 1.88. The lowest BCUT2D eigenvalue weighted by atomic mass is 9.99. The number of hydrogen-bond donors (Lipinski definition) is 1. The Bertz CT molecular complexity index is 1010. The van der Waals surface area contributed by atoms with Crippen molar-refractivity contribution in [2.75, 3.05) is 23.3 Å². The average Bonchev–Trinajstić information content (AvgIpc) is 2.97. The maximum absolute atomic E-state index is 12.8. The third kappa shape index (κ3) is 3.52. The zero-order valence-corrected chi connectivity index (χ0v) is 16.7. The molecule has 0 saturated heterocycles. The maximum Gasteiger partial charge on any atom is 0.243 e. The number of rotatable bonds is 4. The first-order valence-corrected chi connectivity index (χ1v) is 9.79. The maximum atomic E-state index is 12.8. The first-order chi connectivity index (χ1) is 13.5. The van der Waals surface area contributed by atoms with E-state index in [1.807, 2.05) is 48.9 Å². The summed E-state index contributed by atoms with van der Waals surface area (Å²) in [4.78, 5) is 15.0. The van der Waals surface area contributed by atoms with Crippen molar-refractivity contribution in [3.8, 4) is 5.69 Å². The number of nitrogens with one attached hydrogen (secondary N) is 1. The molecule has 0 unspecified atom stereocenters. The Balaban J connectivity index is 1.52. The van der Waals surface area contributed by atoms with E-state index >= 15 is 0 Å². The van der Waals surface area contributed by atoms with Gasteiger partial charge in [-0.25, -0.2) is 4.68 Å². The van der Waals surface area contributed by atoms with Gasteiger partial charge in [0.25, 0.3) is 0 Å². The fourth-order valence-corrected chi connectivity index (χ4v) is 3.96. The normalized spacial score (nSPS) is 13.3. The van der Waals surface area contributed by atoms with Crippen LogP contribution >= 0.6 is 0 Å². The number of para-hydroxylation sites is 1. The van der Waals surface area contributed by atoms with Crippen molar-refractivity contribution >= 4 is 17.3 Å². The van der Waals surface area contributed by atoms with Crippen molar-refractivity contribution in [2.45, 2.75) is 33.6 Å². The third-order valence-corrected chi connectivity index (χ3v) is 5.34. The fourth-order valence-electron chi connectivity index (χ4n) is 3.96. The molecule has 1 amide bonds. The molecule has 144 valence electrons. The molecule has 1 aromatic heterocycles. The zero-order valence-electron chi connectivity index (χ0n) is 16.7. The molecule has 0 atom stereocenters. The minimum Gasteiger partial charge on any atom is -0.362 e. The number of amides is 1. The summed E-state index contributed by atoms with van der Waals surface area (Å²) in [7, 11) is 0. The van der Waals surface area contributed by atoms with Gasteiger partial charge in [-0.05, 0) is 57.4 Å². The summed E-state index contributed by atoms with van der Waals surface area (Å²) in [5.74, 6) is -0.00719. The second kappa shape index (κ2) is 7.50. The van der Waals surface area contributed by atoms with Crippen molar-refractivity contribution in [3.63, 3.8) is 0 Å². The predicted molar refractivity (Wildman–Crippen MR) is 113 cm³/mol. The van der Waals surface area contributed by atoms with E-state index in [1.54, 1.807) is 0 Å². The van der Waals surface area contributed by atoms with Gasteiger partial charge in [-0.1, -0.05) is 35.9 Å². The zero-order chi connectivity index (χ0) is 19.7. The number of fused-ring (bicyclic) bond motifs is 1. The number of aryl methyl sites for hydroxylation is 3. The molecular weight excluding hydrogens is 348 g/mol. The van der Waals surface area contributed by atoms with Gasteiger partial charge in [0.15, 0.2) is 0 Å². The van der Waals surface area contributed by atoms with Crippen LogP contribution in [0.2, 0.25) is 0 Å². The quantitative estimate of drug-likeness (QED) is 0.745. The summed E-state index contributed by atoms with van der Waals surface area (Å²) in [6.45, 7) is 7.29. The first kappa shape index (κ1) is 18.3. The molecule has 2 heterocycles. The number of aromatic nitrogens is 2. The Hall–Kier alpha value is -3.08. The van der Waals surface area contributed by atoms with Crippen LogP contribution in [0.1, 0.15) is 28.9 Å². The predicted octanol–water partition coefficient (Wildman–Crippen LogP) is 4.19. The molecule has 0 fully saturated rings. The molecular formula is C23H26N4O. The van der Waals surface area contributed by atoms with Crippen molar-refractivity contribution in [1.29, 1.82) is 0 Å². The van der Waals surface area contributed by atoms with Crippen LogP contribution in [0, 0.1) is 20.8 Å². The van der Waals surface area contributed by atoms with Gasteiger partial charge in [-0.15, -0.1) is 0 Å². The van der Waals surface area contributed by atoms with E-state index in [0.29, 0.717) is 6.54 Å². The molecule has 1 aliphatic rings. The molecule has 28 heavy (non-hydrogen) atoms. The molecule has 2 aromatic carbocycles. The number of hydrogen-bond acceptors (Lipinski definition) is 3. The molecule has 1 aliphatic heterocycles. The van der Waals surface area contributed by atoms with Crippen molar-refractivity contribution < 1.29 is 4.79 Å². The van der Waals surface area contributed by atoms with E-state index < -0.39 is 0 Å². The molecule has 1 N–H and O–H groups in total. The van der Waals surface area contributed by atoms with E-state index in [4.69, 9.17) is 0 Å². The molecule has 0 spiro atoms. The van der Waals surface area contributed by atoms with Crippen LogP contribution in [-0.2, 0) is 11.2 Å². The molecule has 5 heteroatoms. The van der Waals surface area contributed by atoms with Gasteiger partial charge in [0.1, 0.15) is 0 Å². The van der Waals surface area contributed by atoms with Gasteiger partial charge in [-0.3, -0.25) is 4.79 Å². The highest BCUT2D eigenvalue weighted by atomic mass is 16.2. The molecule has 0 saturated carbocycles. The lowest BCUT2D eigenvalue weighted by Gasteiger charge is -2.31. The Morgan fingerprint density at radius 1 is 1.11 bits per heavy atom. The van der Waals surface area contributed by atoms with E-state index in [0.717, 1.165) is 42.1 Å². The Labute approximate surface area is 166 Å². The number of benzene rings is 2. The summed E-state index contributed by atoms with van der Waals surface area (Å²) in [5.41, 5.74) is 7.34. The molecule has 0 radical (unpaired) electrons. The van der Waals surface area contributed by atoms with Gasteiger partial charge in [0, 0.05) is 12.2 Å². The lowest BCUT2D eigenvalue weighted by molar-refractivity contribution is -0.115. The highest BCUT2D eigenvalue weighted by molar-refractivity contribution is 5.95. The standard InChI is InChI=1S/C23H26N4O/c1-16-11-12-21-19(14-16)8-7-13-26(21)15-22(28)24-23-17(2)25-27(18(23)3)20-9-5-4-6-10-20/h4-6,9-12,14H,7-8,13,15H2,1-3H3,(H,24,28). The summed E-state index contributed by atoms with van der Waals surface area (Å²) >= 11 is 0. The minimum absolute atomic E-state index is 0.00719. The summed E-state index contributed by atoms with van der Waals surface area (Å²) in [6.07, 6.45) is 2.16. The highest BCUT2D eigenvalue weighted by Gasteiger charge is 2.21. The fraction of sp³-hybridized carbons (Fsp3) is 0.304. The Morgan fingerprint density at radius 3 is 2.68 bits per heavy atom. The second-order valence-corrected chi connectivity index (χ2v) is 7.50. The van der Waals surface area contributed by atoms with Gasteiger partial charge in [0.2, 0.25) is 5.91 Å².